The molecule has 7 nitrogen and oxygen atoms in total. The molecule has 0 radical (unpaired) electrons. The fourth-order valence-corrected chi connectivity index (χ4v) is 4.37. The number of imide groups is 1. The molecule has 0 aliphatic carbocycles. The van der Waals surface area contributed by atoms with E-state index in [1.807, 2.05) is 30.5 Å². The number of nitrogens with zero attached hydrogens (tertiary/aromatic N) is 1. The minimum absolute atomic E-state index is 0.165. The second-order valence-electron chi connectivity index (χ2n) is 7.95. The maximum atomic E-state index is 12.9. The average molecular weight is 438 g/mol. The monoisotopic (exact) mass is 437 g/mol. The predicted octanol–water partition coefficient (Wildman–Crippen LogP) is 2.49. The molecular formula is C23H23N3O4S. The van der Waals surface area contributed by atoms with Crippen molar-refractivity contribution in [3.63, 3.8) is 0 Å². The molecule has 160 valence electrons. The summed E-state index contributed by atoms with van der Waals surface area (Å²) in [6, 6.07) is 12.8. The number of rotatable bonds is 5. The molecule has 8 heteroatoms. The zero-order valence-corrected chi connectivity index (χ0v) is 18.2. The summed E-state index contributed by atoms with van der Waals surface area (Å²) in [4.78, 5) is 51.9. The van der Waals surface area contributed by atoms with Crippen molar-refractivity contribution in [1.82, 2.24) is 15.5 Å². The zero-order chi connectivity index (χ0) is 22.2. The van der Waals surface area contributed by atoms with Crippen LogP contribution in [0.4, 0.5) is 0 Å². The molecule has 1 saturated heterocycles. The SMILES string of the molecule is CSc1ccc(C(=O)NCc2ccc3c(c2)CN([C@@]2(C)CCC(=O)NC2=O)C3=O)cc1. The van der Waals surface area contributed by atoms with Gasteiger partial charge in [-0.05, 0) is 61.1 Å². The Labute approximate surface area is 184 Å². The number of benzene rings is 2. The molecule has 0 unspecified atom stereocenters. The minimum Gasteiger partial charge on any atom is -0.348 e. The predicted molar refractivity (Wildman–Crippen MR) is 116 cm³/mol. The van der Waals surface area contributed by atoms with Crippen molar-refractivity contribution in [1.29, 1.82) is 0 Å². The highest BCUT2D eigenvalue weighted by molar-refractivity contribution is 7.98. The molecule has 2 aliphatic heterocycles. The van der Waals surface area contributed by atoms with Gasteiger partial charge in [-0.3, -0.25) is 24.5 Å². The van der Waals surface area contributed by atoms with Gasteiger partial charge >= 0.3 is 0 Å². The van der Waals surface area contributed by atoms with Crippen molar-refractivity contribution >= 4 is 35.4 Å². The lowest BCUT2D eigenvalue weighted by Crippen LogP contribution is -2.61. The van der Waals surface area contributed by atoms with Gasteiger partial charge in [-0.25, -0.2) is 0 Å². The summed E-state index contributed by atoms with van der Waals surface area (Å²) in [6.07, 6.45) is 2.49. The van der Waals surface area contributed by atoms with Gasteiger partial charge in [-0.2, -0.15) is 0 Å². The van der Waals surface area contributed by atoms with E-state index in [1.54, 1.807) is 36.9 Å². The zero-order valence-electron chi connectivity index (χ0n) is 17.4. The van der Waals surface area contributed by atoms with Gasteiger partial charge < -0.3 is 10.2 Å². The topological polar surface area (TPSA) is 95.6 Å². The lowest BCUT2D eigenvalue weighted by molar-refractivity contribution is -0.142. The maximum absolute atomic E-state index is 12.9. The third-order valence-corrected chi connectivity index (χ3v) is 6.70. The number of carbonyl (C=O) groups excluding carboxylic acids is 4. The standard InChI is InChI=1S/C23H23N3O4S/c1-23(10-9-19(27)25-22(23)30)26-13-16-11-14(3-8-18(16)21(26)29)12-24-20(28)15-4-6-17(31-2)7-5-15/h3-8,11H,9-10,12-13H2,1-2H3,(H,24,28)(H,25,27,30)/t23-/m0/s1. The fourth-order valence-electron chi connectivity index (χ4n) is 3.96. The van der Waals surface area contributed by atoms with E-state index in [0.717, 1.165) is 16.0 Å². The van der Waals surface area contributed by atoms with Gasteiger partial charge in [0.05, 0.1) is 0 Å². The molecule has 31 heavy (non-hydrogen) atoms. The Hall–Kier alpha value is -3.13. The smallest absolute Gasteiger partial charge is 0.255 e. The minimum atomic E-state index is -1.05. The highest BCUT2D eigenvalue weighted by Crippen LogP contribution is 2.34. The molecule has 0 aromatic heterocycles. The Morgan fingerprint density at radius 3 is 2.58 bits per heavy atom. The first-order valence-corrected chi connectivity index (χ1v) is 11.2. The van der Waals surface area contributed by atoms with Gasteiger partial charge in [0.25, 0.3) is 17.7 Å². The normalized spacial score (nSPS) is 20.5. The van der Waals surface area contributed by atoms with E-state index in [4.69, 9.17) is 0 Å². The molecule has 4 rings (SSSR count). The Balaban J connectivity index is 1.45. The molecule has 2 aromatic carbocycles. The van der Waals surface area contributed by atoms with Crippen LogP contribution >= 0.6 is 11.8 Å². The van der Waals surface area contributed by atoms with E-state index in [-0.39, 0.29) is 24.1 Å². The van der Waals surface area contributed by atoms with E-state index < -0.39 is 11.4 Å². The quantitative estimate of drug-likeness (QED) is 0.554. The highest BCUT2D eigenvalue weighted by atomic mass is 32.2. The summed E-state index contributed by atoms with van der Waals surface area (Å²) in [5, 5.41) is 5.24. The summed E-state index contributed by atoms with van der Waals surface area (Å²) in [7, 11) is 0. The highest BCUT2D eigenvalue weighted by Gasteiger charge is 2.48. The van der Waals surface area contributed by atoms with Gasteiger partial charge in [0.1, 0.15) is 5.54 Å². The molecule has 0 saturated carbocycles. The van der Waals surface area contributed by atoms with E-state index in [2.05, 4.69) is 10.6 Å². The molecule has 4 amide bonds. The molecular weight excluding hydrogens is 414 g/mol. The number of nitrogens with one attached hydrogen (secondary N) is 2. The van der Waals surface area contributed by atoms with E-state index >= 15 is 0 Å². The number of thioether (sulfide) groups is 1. The number of hydrogen-bond acceptors (Lipinski definition) is 5. The van der Waals surface area contributed by atoms with Crippen LogP contribution < -0.4 is 10.6 Å². The Kier molecular flexibility index (Phi) is 5.58. The van der Waals surface area contributed by atoms with E-state index in [0.29, 0.717) is 30.6 Å². The fraction of sp³-hybridized carbons (Fsp3) is 0.304. The molecule has 2 aliphatic rings. The summed E-state index contributed by atoms with van der Waals surface area (Å²) in [5.74, 6) is -1.13. The average Bonchev–Trinajstić information content (AvgIpc) is 3.11. The van der Waals surface area contributed by atoms with Crippen molar-refractivity contribution in [2.45, 2.75) is 43.3 Å². The van der Waals surface area contributed by atoms with Crippen LogP contribution in [0.3, 0.4) is 0 Å². The van der Waals surface area contributed by atoms with E-state index in [1.165, 1.54) is 4.90 Å². The number of carbonyl (C=O) groups is 4. The second-order valence-corrected chi connectivity index (χ2v) is 8.82. The van der Waals surface area contributed by atoms with Crippen LogP contribution in [-0.4, -0.2) is 40.3 Å². The van der Waals surface area contributed by atoms with Crippen molar-refractivity contribution in [3.05, 3.63) is 64.7 Å². The van der Waals surface area contributed by atoms with Crippen molar-refractivity contribution in [3.8, 4) is 0 Å². The molecule has 1 fully saturated rings. The lowest BCUT2D eigenvalue weighted by Gasteiger charge is -2.39. The first-order chi connectivity index (χ1) is 14.8. The third kappa shape index (κ3) is 3.95. The lowest BCUT2D eigenvalue weighted by atomic mass is 9.89. The number of hydrogen-bond donors (Lipinski definition) is 2. The molecule has 0 spiro atoms. The van der Waals surface area contributed by atoms with Crippen LogP contribution in [0.15, 0.2) is 47.4 Å². The molecule has 1 atom stereocenters. The van der Waals surface area contributed by atoms with Crippen LogP contribution in [0.1, 0.15) is 51.6 Å². The summed E-state index contributed by atoms with van der Waals surface area (Å²) in [5.41, 5.74) is 1.77. The molecule has 0 bridgehead atoms. The first-order valence-electron chi connectivity index (χ1n) is 10.0. The Morgan fingerprint density at radius 2 is 1.90 bits per heavy atom. The third-order valence-electron chi connectivity index (χ3n) is 5.96. The number of amides is 4. The van der Waals surface area contributed by atoms with Gasteiger partial charge in [-0.1, -0.05) is 12.1 Å². The summed E-state index contributed by atoms with van der Waals surface area (Å²) < 4.78 is 0. The van der Waals surface area contributed by atoms with Crippen LogP contribution in [0.2, 0.25) is 0 Å². The number of fused-ring (bicyclic) bond motifs is 1. The summed E-state index contributed by atoms with van der Waals surface area (Å²) >= 11 is 1.62. The van der Waals surface area contributed by atoms with Crippen molar-refractivity contribution in [2.75, 3.05) is 6.26 Å². The van der Waals surface area contributed by atoms with Gasteiger partial charge in [0, 0.05) is 35.5 Å². The second kappa shape index (κ2) is 8.19. The first kappa shape index (κ1) is 21.1. The molecule has 2 heterocycles. The Bertz CT molecular complexity index is 1080. The van der Waals surface area contributed by atoms with Crippen molar-refractivity contribution < 1.29 is 19.2 Å². The molecule has 2 aromatic rings. The van der Waals surface area contributed by atoms with Crippen LogP contribution in [0.25, 0.3) is 0 Å². The number of piperidine rings is 1. The van der Waals surface area contributed by atoms with Crippen molar-refractivity contribution in [2.24, 2.45) is 0 Å². The van der Waals surface area contributed by atoms with Crippen LogP contribution in [0.5, 0.6) is 0 Å². The Morgan fingerprint density at radius 1 is 1.16 bits per heavy atom. The molecule has 2 N–H and O–H groups in total. The maximum Gasteiger partial charge on any atom is 0.255 e. The van der Waals surface area contributed by atoms with Crippen LogP contribution in [0, 0.1) is 0 Å². The van der Waals surface area contributed by atoms with Crippen LogP contribution in [-0.2, 0) is 22.7 Å². The van der Waals surface area contributed by atoms with E-state index in [9.17, 15) is 19.2 Å². The van der Waals surface area contributed by atoms with Gasteiger partial charge in [-0.15, -0.1) is 11.8 Å². The largest absolute Gasteiger partial charge is 0.348 e. The van der Waals surface area contributed by atoms with Gasteiger partial charge in [0.15, 0.2) is 0 Å². The summed E-state index contributed by atoms with van der Waals surface area (Å²) in [6.45, 7) is 2.32. The van der Waals surface area contributed by atoms with Gasteiger partial charge in [0.2, 0.25) is 5.91 Å².